The Bertz CT molecular complexity index is 629. The summed E-state index contributed by atoms with van der Waals surface area (Å²) in [5.74, 6) is 0.337. The van der Waals surface area contributed by atoms with E-state index >= 15 is 0 Å². The van der Waals surface area contributed by atoms with E-state index in [9.17, 15) is 13.2 Å². The maximum atomic E-state index is 12.2. The number of nitrogens with one attached hydrogen (secondary N) is 1. The average molecular weight is 337 g/mol. The number of rotatable bonds is 2. The molecule has 1 unspecified atom stereocenters. The number of H-pyrrole nitrogens is 1. The van der Waals surface area contributed by atoms with Crippen molar-refractivity contribution >= 4 is 25.8 Å². The molecule has 102 valence electrons. The third kappa shape index (κ3) is 2.18. The lowest BCUT2D eigenvalue weighted by atomic mass is 10.0. The molecule has 1 aliphatic heterocycles. The van der Waals surface area contributed by atoms with E-state index in [-0.39, 0.29) is 23.0 Å². The van der Waals surface area contributed by atoms with E-state index in [0.29, 0.717) is 10.9 Å². The fourth-order valence-corrected chi connectivity index (χ4v) is 5.21. The van der Waals surface area contributed by atoms with Crippen LogP contribution in [-0.2, 0) is 15.4 Å². The molecule has 0 radical (unpaired) electrons. The van der Waals surface area contributed by atoms with E-state index in [1.807, 2.05) is 20.8 Å². The Labute approximate surface area is 115 Å². The van der Waals surface area contributed by atoms with E-state index in [4.69, 9.17) is 0 Å². The minimum atomic E-state index is -3.04. The first-order valence-corrected chi connectivity index (χ1v) is 8.49. The Kier molecular flexibility index (Phi) is 3.26. The van der Waals surface area contributed by atoms with E-state index in [2.05, 4.69) is 21.0 Å². The van der Waals surface area contributed by atoms with E-state index < -0.39 is 15.4 Å². The molecule has 1 aromatic rings. The summed E-state index contributed by atoms with van der Waals surface area (Å²) in [5.41, 5.74) is -0.0326. The van der Waals surface area contributed by atoms with Crippen LogP contribution >= 0.6 is 15.9 Å². The van der Waals surface area contributed by atoms with Crippen LogP contribution < -0.4 is 5.56 Å². The lowest BCUT2D eigenvalue weighted by Crippen LogP contribution is -2.39. The van der Waals surface area contributed by atoms with Gasteiger partial charge in [0, 0.05) is 0 Å². The minimum absolute atomic E-state index is 0.0182. The lowest BCUT2D eigenvalue weighted by molar-refractivity contribution is 0.317. The monoisotopic (exact) mass is 336 g/mol. The molecule has 1 saturated heterocycles. The van der Waals surface area contributed by atoms with Crippen molar-refractivity contribution in [1.29, 1.82) is 0 Å². The van der Waals surface area contributed by atoms with Crippen LogP contribution in [0.1, 0.15) is 38.8 Å². The van der Waals surface area contributed by atoms with Crippen molar-refractivity contribution in [2.75, 3.05) is 11.5 Å². The number of aromatic nitrogens is 2. The third-order valence-corrected chi connectivity index (χ3v) is 6.11. The third-order valence-electron chi connectivity index (χ3n) is 3.46. The summed E-state index contributed by atoms with van der Waals surface area (Å²) in [5, 5.41) is 3.06. The van der Waals surface area contributed by atoms with Gasteiger partial charge in [-0.1, -0.05) is 13.8 Å². The number of halogens is 1. The fraction of sp³-hybridized carbons (Fsp3) is 0.727. The molecule has 18 heavy (non-hydrogen) atoms. The van der Waals surface area contributed by atoms with Gasteiger partial charge in [0.2, 0.25) is 0 Å². The highest BCUT2D eigenvalue weighted by atomic mass is 79.9. The Morgan fingerprint density at radius 1 is 1.44 bits per heavy atom. The number of aromatic amines is 1. The molecular formula is C11H17BrN2O3S. The molecule has 1 aromatic heterocycles. The zero-order valence-corrected chi connectivity index (χ0v) is 13.1. The van der Waals surface area contributed by atoms with Crippen molar-refractivity contribution in [2.45, 2.75) is 38.6 Å². The Balaban J connectivity index is 2.54. The first kappa shape index (κ1) is 13.9. The molecular weight excluding hydrogens is 320 g/mol. The SMILES string of the molecule is CC(C)c1[nH]n(C2(C)CCS(=O)(=O)C2)c(=O)c1Br. The largest absolute Gasteiger partial charge is 0.298 e. The summed E-state index contributed by atoms with van der Waals surface area (Å²) in [6, 6.07) is 0. The Hall–Kier alpha value is -0.560. The predicted molar refractivity (Wildman–Crippen MR) is 73.8 cm³/mol. The smallest absolute Gasteiger partial charge is 0.281 e. The molecule has 0 aromatic carbocycles. The van der Waals surface area contributed by atoms with E-state index in [1.165, 1.54) is 4.68 Å². The summed E-state index contributed by atoms with van der Waals surface area (Å²) >= 11 is 3.29. The zero-order valence-electron chi connectivity index (χ0n) is 10.7. The normalized spacial score (nSPS) is 26.9. The van der Waals surface area contributed by atoms with Crippen molar-refractivity contribution in [1.82, 2.24) is 9.78 Å². The molecule has 0 amide bonds. The number of hydrogen-bond acceptors (Lipinski definition) is 3. The van der Waals surface area contributed by atoms with Crippen molar-refractivity contribution in [3.8, 4) is 0 Å². The highest BCUT2D eigenvalue weighted by Gasteiger charge is 2.42. The van der Waals surface area contributed by atoms with Crippen LogP contribution in [0.15, 0.2) is 9.27 Å². The molecule has 1 aliphatic rings. The van der Waals surface area contributed by atoms with Gasteiger partial charge in [0.1, 0.15) is 4.47 Å². The molecule has 2 rings (SSSR count). The molecule has 0 aliphatic carbocycles. The maximum absolute atomic E-state index is 12.2. The summed E-state index contributed by atoms with van der Waals surface area (Å²) in [7, 11) is -3.04. The number of hydrogen-bond donors (Lipinski definition) is 1. The van der Waals surface area contributed by atoms with Gasteiger partial charge in [-0.25, -0.2) is 13.1 Å². The van der Waals surface area contributed by atoms with Gasteiger partial charge in [-0.05, 0) is 35.2 Å². The van der Waals surface area contributed by atoms with Crippen LogP contribution in [0, 0.1) is 0 Å². The van der Waals surface area contributed by atoms with Crippen molar-refractivity contribution in [3.05, 3.63) is 20.5 Å². The van der Waals surface area contributed by atoms with Crippen LogP contribution in [0.5, 0.6) is 0 Å². The summed E-state index contributed by atoms with van der Waals surface area (Å²) in [4.78, 5) is 12.2. The van der Waals surface area contributed by atoms with Crippen molar-refractivity contribution in [3.63, 3.8) is 0 Å². The second-order valence-electron chi connectivity index (χ2n) is 5.47. The second-order valence-corrected chi connectivity index (χ2v) is 8.45. The van der Waals surface area contributed by atoms with E-state index in [0.717, 1.165) is 5.69 Å². The van der Waals surface area contributed by atoms with Gasteiger partial charge >= 0.3 is 0 Å². The summed E-state index contributed by atoms with van der Waals surface area (Å²) in [6.45, 7) is 5.77. The van der Waals surface area contributed by atoms with Gasteiger partial charge in [-0.3, -0.25) is 9.89 Å². The second kappa shape index (κ2) is 4.23. The van der Waals surface area contributed by atoms with Crippen LogP contribution in [0.4, 0.5) is 0 Å². The first-order chi connectivity index (χ1) is 8.16. The molecule has 1 atom stereocenters. The molecule has 1 fully saturated rings. The van der Waals surface area contributed by atoms with Crippen molar-refractivity contribution in [2.24, 2.45) is 0 Å². The number of sulfone groups is 1. The maximum Gasteiger partial charge on any atom is 0.281 e. The standard InChI is InChI=1S/C11H17BrN2O3S/c1-7(2)9-8(12)10(15)14(13-9)11(3)4-5-18(16,17)6-11/h7,13H,4-6H2,1-3H3. The summed E-state index contributed by atoms with van der Waals surface area (Å²) in [6.07, 6.45) is 0.472. The molecule has 0 saturated carbocycles. The first-order valence-electron chi connectivity index (χ1n) is 5.88. The van der Waals surface area contributed by atoms with Gasteiger partial charge in [-0.15, -0.1) is 0 Å². The molecule has 2 heterocycles. The van der Waals surface area contributed by atoms with Gasteiger partial charge < -0.3 is 0 Å². The molecule has 1 N–H and O–H groups in total. The van der Waals surface area contributed by atoms with Crippen LogP contribution in [0.25, 0.3) is 0 Å². The minimum Gasteiger partial charge on any atom is -0.298 e. The quantitative estimate of drug-likeness (QED) is 0.891. The Morgan fingerprint density at radius 3 is 2.44 bits per heavy atom. The van der Waals surface area contributed by atoms with Gasteiger partial charge in [0.25, 0.3) is 5.56 Å². The lowest BCUT2D eigenvalue weighted by Gasteiger charge is -2.23. The highest BCUT2D eigenvalue weighted by molar-refractivity contribution is 9.10. The molecule has 0 spiro atoms. The van der Waals surface area contributed by atoms with Gasteiger partial charge in [0.05, 0.1) is 22.7 Å². The van der Waals surface area contributed by atoms with Gasteiger partial charge in [-0.2, -0.15) is 0 Å². The van der Waals surface area contributed by atoms with Crippen LogP contribution in [0.3, 0.4) is 0 Å². The summed E-state index contributed by atoms with van der Waals surface area (Å²) < 4.78 is 25.2. The van der Waals surface area contributed by atoms with Gasteiger partial charge in [0.15, 0.2) is 9.84 Å². The molecule has 5 nitrogen and oxygen atoms in total. The van der Waals surface area contributed by atoms with Crippen LogP contribution in [0.2, 0.25) is 0 Å². The topological polar surface area (TPSA) is 71.9 Å². The predicted octanol–water partition coefficient (Wildman–Crippen LogP) is 1.60. The van der Waals surface area contributed by atoms with E-state index in [1.54, 1.807) is 0 Å². The molecule has 0 bridgehead atoms. The Morgan fingerprint density at radius 2 is 2.06 bits per heavy atom. The number of nitrogens with zero attached hydrogens (tertiary/aromatic N) is 1. The molecule has 7 heteroatoms. The zero-order chi connectivity index (χ0) is 13.7. The average Bonchev–Trinajstić information content (AvgIpc) is 2.68. The highest BCUT2D eigenvalue weighted by Crippen LogP contribution is 2.30. The van der Waals surface area contributed by atoms with Crippen LogP contribution in [-0.4, -0.2) is 29.7 Å². The van der Waals surface area contributed by atoms with Crippen molar-refractivity contribution < 1.29 is 8.42 Å². The fourth-order valence-electron chi connectivity index (χ4n) is 2.37.